The van der Waals surface area contributed by atoms with Gasteiger partial charge in [0.2, 0.25) is 5.91 Å². The van der Waals surface area contributed by atoms with E-state index in [-0.39, 0.29) is 11.9 Å². The van der Waals surface area contributed by atoms with Crippen LogP contribution in [0.2, 0.25) is 0 Å². The van der Waals surface area contributed by atoms with Crippen LogP contribution in [-0.2, 0) is 9.59 Å². The fraction of sp³-hybridized carbons (Fsp3) is 0.800. The van der Waals surface area contributed by atoms with Crippen LogP contribution >= 0.6 is 0 Å². The highest BCUT2D eigenvalue weighted by molar-refractivity contribution is 5.86. The lowest BCUT2D eigenvalue weighted by Crippen LogP contribution is -2.37. The molecule has 1 N–H and O–H groups in total. The summed E-state index contributed by atoms with van der Waals surface area (Å²) in [4.78, 5) is 24.4. The average Bonchev–Trinajstić information content (AvgIpc) is 2.60. The molecule has 0 radical (unpaired) electrons. The second-order valence-corrected chi connectivity index (χ2v) is 3.78. The lowest BCUT2D eigenvalue weighted by Gasteiger charge is -2.22. The summed E-state index contributed by atoms with van der Waals surface area (Å²) in [7, 11) is 3.54. The fourth-order valence-electron chi connectivity index (χ4n) is 1.82. The monoisotopic (exact) mass is 198 g/mol. The predicted octanol–water partition coefficient (Wildman–Crippen LogP) is 0.176. The molecule has 0 aromatic heterocycles. The molecule has 1 unspecified atom stereocenters. The van der Waals surface area contributed by atoms with Gasteiger partial charge in [0, 0.05) is 26.4 Å². The first-order valence-corrected chi connectivity index (χ1v) is 5.08. The maximum absolute atomic E-state index is 11.4. The number of rotatable bonds is 4. The second-order valence-electron chi connectivity index (χ2n) is 3.78. The third-order valence-corrected chi connectivity index (χ3v) is 2.77. The standard InChI is InChI=1S/C10H18N2O2/c1-11-10(14)6-7-12(2)8-4-3-5-9(8)13/h8H,3-7H2,1-2H3,(H,11,14). The largest absolute Gasteiger partial charge is 0.359 e. The van der Waals surface area contributed by atoms with Crippen molar-refractivity contribution in [3.63, 3.8) is 0 Å². The zero-order chi connectivity index (χ0) is 10.6. The number of ketones is 1. The zero-order valence-corrected chi connectivity index (χ0v) is 8.88. The molecule has 0 bridgehead atoms. The van der Waals surface area contributed by atoms with Crippen LogP contribution < -0.4 is 5.32 Å². The first-order valence-electron chi connectivity index (χ1n) is 5.08. The Labute approximate surface area is 84.7 Å². The molecule has 1 atom stereocenters. The van der Waals surface area contributed by atoms with E-state index < -0.39 is 0 Å². The van der Waals surface area contributed by atoms with Gasteiger partial charge < -0.3 is 5.32 Å². The van der Waals surface area contributed by atoms with Gasteiger partial charge in [0.05, 0.1) is 6.04 Å². The van der Waals surface area contributed by atoms with Crippen molar-refractivity contribution in [1.29, 1.82) is 0 Å². The van der Waals surface area contributed by atoms with Crippen molar-refractivity contribution in [2.24, 2.45) is 0 Å². The second kappa shape index (κ2) is 5.10. The summed E-state index contributed by atoms with van der Waals surface area (Å²) >= 11 is 0. The van der Waals surface area contributed by atoms with Crippen LogP contribution in [0.25, 0.3) is 0 Å². The SMILES string of the molecule is CNC(=O)CCN(C)C1CCCC1=O. The van der Waals surface area contributed by atoms with Crippen molar-refractivity contribution >= 4 is 11.7 Å². The highest BCUT2D eigenvalue weighted by Gasteiger charge is 2.27. The Bertz CT molecular complexity index is 228. The van der Waals surface area contributed by atoms with Gasteiger partial charge >= 0.3 is 0 Å². The molecule has 0 aliphatic heterocycles. The van der Waals surface area contributed by atoms with Crippen LogP contribution in [0.4, 0.5) is 0 Å². The van der Waals surface area contributed by atoms with E-state index in [4.69, 9.17) is 0 Å². The number of amides is 1. The molecule has 4 nitrogen and oxygen atoms in total. The van der Waals surface area contributed by atoms with Crippen molar-refractivity contribution in [2.45, 2.75) is 31.7 Å². The summed E-state index contributed by atoms with van der Waals surface area (Å²) in [5.74, 6) is 0.353. The quantitative estimate of drug-likeness (QED) is 0.701. The highest BCUT2D eigenvalue weighted by atomic mass is 16.1. The van der Waals surface area contributed by atoms with Crippen LogP contribution in [0.3, 0.4) is 0 Å². The molecule has 0 saturated heterocycles. The molecule has 1 fully saturated rings. The molecule has 1 rings (SSSR count). The van der Waals surface area contributed by atoms with Crippen LogP contribution in [0.1, 0.15) is 25.7 Å². The van der Waals surface area contributed by atoms with Crippen molar-refractivity contribution in [2.75, 3.05) is 20.6 Å². The van der Waals surface area contributed by atoms with E-state index in [1.165, 1.54) is 0 Å². The predicted molar refractivity (Wildman–Crippen MR) is 54.0 cm³/mol. The number of Topliss-reactive ketones (excluding diaryl/α,β-unsaturated/α-hetero) is 1. The summed E-state index contributed by atoms with van der Waals surface area (Å²) < 4.78 is 0. The highest BCUT2D eigenvalue weighted by Crippen LogP contribution is 2.18. The van der Waals surface area contributed by atoms with Crippen molar-refractivity contribution in [3.8, 4) is 0 Å². The minimum atomic E-state index is 0.0299. The van der Waals surface area contributed by atoms with Gasteiger partial charge in [0.1, 0.15) is 5.78 Å². The maximum Gasteiger partial charge on any atom is 0.221 e. The zero-order valence-electron chi connectivity index (χ0n) is 8.88. The van der Waals surface area contributed by atoms with Gasteiger partial charge in [-0.3, -0.25) is 14.5 Å². The van der Waals surface area contributed by atoms with Gasteiger partial charge in [-0.2, -0.15) is 0 Å². The molecule has 1 aliphatic rings. The Balaban J connectivity index is 2.30. The summed E-state index contributed by atoms with van der Waals surface area (Å²) in [5, 5.41) is 2.57. The molecule has 4 heteroatoms. The molecular formula is C10H18N2O2. The minimum absolute atomic E-state index is 0.0299. The molecule has 0 heterocycles. The Morgan fingerprint density at radius 1 is 1.64 bits per heavy atom. The number of carbonyl (C=O) groups is 2. The molecule has 1 amide bonds. The number of nitrogens with zero attached hydrogens (tertiary/aromatic N) is 1. The van der Waals surface area contributed by atoms with Gasteiger partial charge in [-0.1, -0.05) is 0 Å². The van der Waals surface area contributed by atoms with E-state index in [0.717, 1.165) is 12.8 Å². The first kappa shape index (κ1) is 11.2. The Morgan fingerprint density at radius 3 is 2.86 bits per heavy atom. The van der Waals surface area contributed by atoms with Crippen molar-refractivity contribution in [3.05, 3.63) is 0 Å². The third-order valence-electron chi connectivity index (χ3n) is 2.77. The number of carbonyl (C=O) groups excluding carboxylic acids is 2. The molecule has 0 aromatic carbocycles. The third kappa shape index (κ3) is 2.80. The maximum atomic E-state index is 11.4. The Kier molecular flexibility index (Phi) is 4.07. The summed E-state index contributed by atoms with van der Waals surface area (Å²) in [6.07, 6.45) is 3.11. The van der Waals surface area contributed by atoms with Crippen LogP contribution in [0.15, 0.2) is 0 Å². The van der Waals surface area contributed by atoms with Gasteiger partial charge in [-0.25, -0.2) is 0 Å². The molecular weight excluding hydrogens is 180 g/mol. The fourth-order valence-corrected chi connectivity index (χ4v) is 1.82. The molecule has 1 aliphatic carbocycles. The van der Waals surface area contributed by atoms with Crippen LogP contribution in [0.5, 0.6) is 0 Å². The minimum Gasteiger partial charge on any atom is -0.359 e. The number of likely N-dealkylation sites (N-methyl/N-ethyl adjacent to an activating group) is 1. The molecule has 0 aromatic rings. The van der Waals surface area contributed by atoms with Gasteiger partial charge in [-0.05, 0) is 19.9 Å². The van der Waals surface area contributed by atoms with Crippen LogP contribution in [0, 0.1) is 0 Å². The number of nitrogens with one attached hydrogen (secondary N) is 1. The lowest BCUT2D eigenvalue weighted by molar-refractivity contribution is -0.124. The molecule has 1 saturated carbocycles. The van der Waals surface area contributed by atoms with E-state index >= 15 is 0 Å². The summed E-state index contributed by atoms with van der Waals surface area (Å²) in [6, 6.07) is 0.0552. The van der Waals surface area contributed by atoms with Gasteiger partial charge in [0.15, 0.2) is 0 Å². The average molecular weight is 198 g/mol. The van der Waals surface area contributed by atoms with E-state index in [1.807, 2.05) is 11.9 Å². The molecule has 80 valence electrons. The summed E-state index contributed by atoms with van der Waals surface area (Å²) in [6.45, 7) is 0.663. The Hall–Kier alpha value is -0.900. The molecule has 0 spiro atoms. The van der Waals surface area contributed by atoms with E-state index in [9.17, 15) is 9.59 Å². The topological polar surface area (TPSA) is 49.4 Å². The van der Waals surface area contributed by atoms with Gasteiger partial charge in [0.25, 0.3) is 0 Å². The number of hydrogen-bond donors (Lipinski definition) is 1. The Morgan fingerprint density at radius 2 is 2.36 bits per heavy atom. The lowest BCUT2D eigenvalue weighted by atomic mass is 10.2. The normalized spacial score (nSPS) is 21.6. The van der Waals surface area contributed by atoms with E-state index in [2.05, 4.69) is 5.32 Å². The molecule has 14 heavy (non-hydrogen) atoms. The van der Waals surface area contributed by atoms with Crippen LogP contribution in [-0.4, -0.2) is 43.3 Å². The smallest absolute Gasteiger partial charge is 0.221 e. The van der Waals surface area contributed by atoms with E-state index in [1.54, 1.807) is 7.05 Å². The van der Waals surface area contributed by atoms with Gasteiger partial charge in [-0.15, -0.1) is 0 Å². The van der Waals surface area contributed by atoms with Crippen molar-refractivity contribution in [1.82, 2.24) is 10.2 Å². The number of hydrogen-bond acceptors (Lipinski definition) is 3. The van der Waals surface area contributed by atoms with E-state index in [0.29, 0.717) is 25.2 Å². The first-order chi connectivity index (χ1) is 6.65. The van der Waals surface area contributed by atoms with Crippen molar-refractivity contribution < 1.29 is 9.59 Å². The summed E-state index contributed by atoms with van der Waals surface area (Å²) in [5.41, 5.74) is 0.